The Hall–Kier alpha value is -1.41. The van der Waals surface area contributed by atoms with E-state index in [1.165, 1.54) is 37.7 Å². The maximum absolute atomic E-state index is 12.5. The molecule has 3 N–H and O–H groups in total. The first-order chi connectivity index (χ1) is 14.0. The summed E-state index contributed by atoms with van der Waals surface area (Å²) < 4.78 is 0.682. The van der Waals surface area contributed by atoms with Gasteiger partial charge in [0.1, 0.15) is 11.3 Å². The lowest BCUT2D eigenvalue weighted by atomic mass is 9.92. The van der Waals surface area contributed by atoms with E-state index in [1.807, 2.05) is 29.6 Å². The molecule has 3 aliphatic rings. The summed E-state index contributed by atoms with van der Waals surface area (Å²) in [4.78, 5) is 35.7. The van der Waals surface area contributed by atoms with Gasteiger partial charge in [-0.2, -0.15) is 0 Å². The van der Waals surface area contributed by atoms with Gasteiger partial charge in [0.25, 0.3) is 5.91 Å². The van der Waals surface area contributed by atoms with E-state index >= 15 is 0 Å². The molecule has 0 aromatic rings. The molecule has 2 amide bonds. The zero-order valence-corrected chi connectivity index (χ0v) is 18.4. The van der Waals surface area contributed by atoms with E-state index in [1.54, 1.807) is 6.08 Å². The Kier molecular flexibility index (Phi) is 8.12. The summed E-state index contributed by atoms with van der Waals surface area (Å²) in [6.07, 6.45) is 9.26. The highest BCUT2D eigenvalue weighted by Gasteiger charge is 2.37. The van der Waals surface area contributed by atoms with Crippen LogP contribution in [0.15, 0.2) is 23.5 Å². The normalized spacial score (nSPS) is 29.6. The van der Waals surface area contributed by atoms with Crippen LogP contribution in [0.25, 0.3) is 0 Å². The number of carbonyl (C=O) groups excluding carboxylic acids is 3. The number of hydrogen-bond donors (Lipinski definition) is 3. The molecule has 6 nitrogen and oxygen atoms in total. The van der Waals surface area contributed by atoms with E-state index in [0.717, 1.165) is 6.42 Å². The molecule has 2 aliphatic heterocycles. The van der Waals surface area contributed by atoms with Gasteiger partial charge in [0, 0.05) is 25.0 Å². The maximum Gasteiger partial charge on any atom is 0.259 e. The number of thioether (sulfide) groups is 2. The minimum Gasteiger partial charge on any atom is -0.507 e. The summed E-state index contributed by atoms with van der Waals surface area (Å²) in [6, 6.07) is -0.627. The number of amides is 2. The fourth-order valence-corrected chi connectivity index (χ4v) is 7.32. The average Bonchev–Trinajstić information content (AvgIpc) is 3.39. The average molecular weight is 439 g/mol. The number of hydrogen-bond acceptors (Lipinski definition) is 6. The predicted molar refractivity (Wildman–Crippen MR) is 118 cm³/mol. The molecule has 1 saturated carbocycles. The Labute approximate surface area is 180 Å². The van der Waals surface area contributed by atoms with Gasteiger partial charge in [-0.05, 0) is 50.0 Å². The third-order valence-electron chi connectivity index (χ3n) is 5.80. The van der Waals surface area contributed by atoms with Crippen LogP contribution in [0.1, 0.15) is 45.4 Å². The summed E-state index contributed by atoms with van der Waals surface area (Å²) >= 11 is 4.09. The fraction of sp³-hybridized carbons (Fsp3) is 0.667. The van der Waals surface area contributed by atoms with Gasteiger partial charge in [0.05, 0.1) is 10.6 Å². The van der Waals surface area contributed by atoms with E-state index in [-0.39, 0.29) is 23.0 Å². The SMILES string of the molecule is CC(=O)NCCCC1NC(=O)C(=C(O)C=CC2CCCC2CC2SCCS2)C1=O. The topological polar surface area (TPSA) is 95.5 Å². The minimum absolute atomic E-state index is 0.120. The molecule has 0 aromatic heterocycles. The third-order valence-corrected chi connectivity index (χ3v) is 8.88. The molecule has 2 heterocycles. The molecular weight excluding hydrogens is 408 g/mol. The molecule has 3 unspecified atom stereocenters. The highest BCUT2D eigenvalue weighted by molar-refractivity contribution is 8.20. The van der Waals surface area contributed by atoms with Crippen molar-refractivity contribution >= 4 is 41.1 Å². The van der Waals surface area contributed by atoms with Crippen molar-refractivity contribution in [2.45, 2.75) is 56.1 Å². The summed E-state index contributed by atoms with van der Waals surface area (Å²) in [5.41, 5.74) is -0.137. The van der Waals surface area contributed by atoms with Crippen molar-refractivity contribution in [2.75, 3.05) is 18.1 Å². The monoisotopic (exact) mass is 438 g/mol. The second-order valence-electron chi connectivity index (χ2n) is 7.90. The smallest absolute Gasteiger partial charge is 0.259 e. The number of aliphatic hydroxyl groups excluding tert-OH is 1. The Balaban J connectivity index is 1.57. The van der Waals surface area contributed by atoms with E-state index < -0.39 is 11.9 Å². The van der Waals surface area contributed by atoms with Crippen LogP contribution in [0.2, 0.25) is 0 Å². The van der Waals surface area contributed by atoms with Gasteiger partial charge in [0.15, 0.2) is 5.78 Å². The first-order valence-corrected chi connectivity index (χ1v) is 12.5. The van der Waals surface area contributed by atoms with Crippen LogP contribution in [0.4, 0.5) is 0 Å². The first kappa shape index (κ1) is 22.3. The molecule has 3 fully saturated rings. The number of carbonyl (C=O) groups is 3. The van der Waals surface area contributed by atoms with Gasteiger partial charge < -0.3 is 15.7 Å². The second-order valence-corrected chi connectivity index (χ2v) is 10.8. The van der Waals surface area contributed by atoms with E-state index in [4.69, 9.17) is 0 Å². The third kappa shape index (κ3) is 6.04. The van der Waals surface area contributed by atoms with Gasteiger partial charge in [-0.1, -0.05) is 12.5 Å². The molecule has 3 atom stereocenters. The zero-order valence-electron chi connectivity index (χ0n) is 16.8. The summed E-state index contributed by atoms with van der Waals surface area (Å²) in [5, 5.41) is 15.8. The van der Waals surface area contributed by atoms with Crippen molar-refractivity contribution in [3.8, 4) is 0 Å². The maximum atomic E-state index is 12.5. The molecule has 0 radical (unpaired) electrons. The summed E-state index contributed by atoms with van der Waals surface area (Å²) in [7, 11) is 0. The molecular formula is C21H30N2O4S2. The van der Waals surface area contributed by atoms with Gasteiger partial charge >= 0.3 is 0 Å². The molecule has 1 aliphatic carbocycles. The molecule has 0 aromatic carbocycles. The number of ketones is 1. The molecule has 29 heavy (non-hydrogen) atoms. The predicted octanol–water partition coefficient (Wildman–Crippen LogP) is 2.95. The molecule has 3 rings (SSSR count). The second kappa shape index (κ2) is 10.6. The number of Topliss-reactive ketones (excluding diaryl/α,β-unsaturated/α-hetero) is 1. The van der Waals surface area contributed by atoms with E-state index in [0.29, 0.717) is 35.8 Å². The van der Waals surface area contributed by atoms with Crippen LogP contribution in [0.5, 0.6) is 0 Å². The van der Waals surface area contributed by atoms with Crippen LogP contribution in [0.3, 0.4) is 0 Å². The minimum atomic E-state index is -0.627. The number of allylic oxidation sites excluding steroid dienone is 2. The van der Waals surface area contributed by atoms with Crippen molar-refractivity contribution in [2.24, 2.45) is 11.8 Å². The quantitative estimate of drug-likeness (QED) is 0.233. The highest BCUT2D eigenvalue weighted by Crippen LogP contribution is 2.43. The standard InChI is InChI=1S/C21H30N2O4S2/c1-13(24)22-9-3-6-16-20(26)19(21(27)23-16)17(25)8-7-14-4-2-5-15(14)12-18-28-10-11-29-18/h7-8,14-16,18,25H,2-6,9-12H2,1H3,(H,22,24)(H,23,27). The van der Waals surface area contributed by atoms with Crippen molar-refractivity contribution in [3.05, 3.63) is 23.5 Å². The Bertz CT molecular complexity index is 701. The van der Waals surface area contributed by atoms with Gasteiger partial charge in [0.2, 0.25) is 5.91 Å². The van der Waals surface area contributed by atoms with Crippen molar-refractivity contribution < 1.29 is 19.5 Å². The van der Waals surface area contributed by atoms with Gasteiger partial charge in [-0.25, -0.2) is 0 Å². The van der Waals surface area contributed by atoms with Crippen molar-refractivity contribution in [1.29, 1.82) is 0 Å². The number of nitrogens with one attached hydrogen (secondary N) is 2. The molecule has 160 valence electrons. The van der Waals surface area contributed by atoms with Gasteiger partial charge in [-0.3, -0.25) is 14.4 Å². The largest absolute Gasteiger partial charge is 0.507 e. The lowest BCUT2D eigenvalue weighted by Crippen LogP contribution is -2.30. The Morgan fingerprint density at radius 1 is 1.28 bits per heavy atom. The van der Waals surface area contributed by atoms with Crippen molar-refractivity contribution in [3.63, 3.8) is 0 Å². The van der Waals surface area contributed by atoms with Gasteiger partial charge in [-0.15, -0.1) is 23.5 Å². The Morgan fingerprint density at radius 2 is 2.03 bits per heavy atom. The van der Waals surface area contributed by atoms with Crippen LogP contribution in [-0.2, 0) is 14.4 Å². The van der Waals surface area contributed by atoms with Crippen LogP contribution >= 0.6 is 23.5 Å². The lowest BCUT2D eigenvalue weighted by Gasteiger charge is -2.19. The first-order valence-electron chi connectivity index (χ1n) is 10.4. The zero-order chi connectivity index (χ0) is 20.8. The molecule has 0 bridgehead atoms. The van der Waals surface area contributed by atoms with E-state index in [9.17, 15) is 19.5 Å². The lowest BCUT2D eigenvalue weighted by molar-refractivity contribution is -0.119. The van der Waals surface area contributed by atoms with Crippen LogP contribution in [0, 0.1) is 11.8 Å². The van der Waals surface area contributed by atoms with E-state index in [2.05, 4.69) is 10.6 Å². The molecule has 0 spiro atoms. The number of aliphatic hydroxyl groups is 1. The highest BCUT2D eigenvalue weighted by atomic mass is 32.2. The van der Waals surface area contributed by atoms with Crippen LogP contribution in [-0.4, -0.2) is 51.4 Å². The van der Waals surface area contributed by atoms with Crippen LogP contribution < -0.4 is 10.6 Å². The molecule has 8 heteroatoms. The Morgan fingerprint density at radius 3 is 2.76 bits per heavy atom. The summed E-state index contributed by atoms with van der Waals surface area (Å²) in [6.45, 7) is 1.90. The molecule has 2 saturated heterocycles. The van der Waals surface area contributed by atoms with Crippen molar-refractivity contribution in [1.82, 2.24) is 10.6 Å². The fourth-order valence-electron chi connectivity index (χ4n) is 4.30. The number of rotatable bonds is 8. The summed E-state index contributed by atoms with van der Waals surface area (Å²) in [5.74, 6) is 2.26.